The van der Waals surface area contributed by atoms with Gasteiger partial charge in [-0.25, -0.2) is 0 Å². The maximum absolute atomic E-state index is 6.17. The first kappa shape index (κ1) is 12.3. The molecule has 0 spiro atoms. The van der Waals surface area contributed by atoms with E-state index in [1.54, 1.807) is 0 Å². The lowest BCUT2D eigenvalue weighted by atomic mass is 9.93. The van der Waals surface area contributed by atoms with Gasteiger partial charge in [0.15, 0.2) is 11.4 Å². The molecular weight excluding hydrogens is 204 g/mol. The zero-order valence-electron chi connectivity index (χ0n) is 11.3. The number of fused-ring (bicyclic) bond motifs is 1. The summed E-state index contributed by atoms with van der Waals surface area (Å²) in [5, 5.41) is 0. The number of rotatable bonds is 0. The van der Waals surface area contributed by atoms with Crippen molar-refractivity contribution in [2.24, 2.45) is 0 Å². The topological polar surface area (TPSA) is 24.9 Å². The Hall–Kier alpha value is -0.160. The lowest BCUT2D eigenvalue weighted by Gasteiger charge is -2.62. The van der Waals surface area contributed by atoms with Gasteiger partial charge in [0.25, 0.3) is 0 Å². The highest BCUT2D eigenvalue weighted by Crippen LogP contribution is 2.42. The van der Waals surface area contributed by atoms with Gasteiger partial charge in [0.1, 0.15) is 0 Å². The molecule has 2 aliphatic rings. The third kappa shape index (κ3) is 1.51. The molecule has 2 saturated heterocycles. The van der Waals surface area contributed by atoms with Gasteiger partial charge in [-0.3, -0.25) is 9.80 Å². The zero-order valence-corrected chi connectivity index (χ0v) is 11.3. The molecule has 4 nitrogen and oxygen atoms in total. The number of hydrogen-bond acceptors (Lipinski definition) is 4. The largest absolute Gasteiger partial charge is 0.352 e. The van der Waals surface area contributed by atoms with Crippen molar-refractivity contribution in [1.82, 2.24) is 9.80 Å². The number of nitrogens with zero attached hydrogens (tertiary/aromatic N) is 2. The average Bonchev–Trinajstić information content (AvgIpc) is 2.12. The Bertz CT molecular complexity index is 258. The minimum absolute atomic E-state index is 0.238. The van der Waals surface area contributed by atoms with Gasteiger partial charge in [0.05, 0.1) is 12.2 Å². The van der Waals surface area contributed by atoms with E-state index in [9.17, 15) is 0 Å². The van der Waals surface area contributed by atoms with Crippen molar-refractivity contribution in [1.29, 1.82) is 0 Å². The van der Waals surface area contributed by atoms with E-state index in [4.69, 9.17) is 9.47 Å². The lowest BCUT2D eigenvalue weighted by molar-refractivity contribution is -0.382. The normalized spacial score (nSPS) is 51.4. The van der Waals surface area contributed by atoms with E-state index in [-0.39, 0.29) is 23.7 Å². The molecule has 0 unspecified atom stereocenters. The molecular formula is C12H24N2O2. The summed E-state index contributed by atoms with van der Waals surface area (Å²) in [6.07, 6.45) is 0.477. The molecule has 4 atom stereocenters. The first-order valence-corrected chi connectivity index (χ1v) is 6.07. The van der Waals surface area contributed by atoms with Gasteiger partial charge in [-0.05, 0) is 41.8 Å². The summed E-state index contributed by atoms with van der Waals surface area (Å²) in [6, 6.07) is 0. The van der Waals surface area contributed by atoms with Crippen LogP contribution in [0.3, 0.4) is 0 Å². The van der Waals surface area contributed by atoms with Gasteiger partial charge in [0, 0.05) is 13.1 Å². The van der Waals surface area contributed by atoms with Crippen LogP contribution in [-0.2, 0) is 9.47 Å². The number of morpholine rings is 2. The second kappa shape index (κ2) is 3.67. The summed E-state index contributed by atoms with van der Waals surface area (Å²) in [5.74, 6) is 0. The van der Waals surface area contributed by atoms with Crippen LogP contribution in [0.15, 0.2) is 0 Å². The van der Waals surface area contributed by atoms with E-state index in [2.05, 4.69) is 51.6 Å². The van der Waals surface area contributed by atoms with E-state index in [0.29, 0.717) is 0 Å². The first-order valence-electron chi connectivity index (χ1n) is 6.07. The summed E-state index contributed by atoms with van der Waals surface area (Å²) in [5.41, 5.74) is -0.738. The molecule has 0 radical (unpaired) electrons. The average molecular weight is 228 g/mol. The van der Waals surface area contributed by atoms with Crippen LogP contribution >= 0.6 is 0 Å². The van der Waals surface area contributed by atoms with Gasteiger partial charge >= 0.3 is 0 Å². The molecule has 0 aromatic rings. The quantitative estimate of drug-likeness (QED) is 0.620. The van der Waals surface area contributed by atoms with E-state index in [0.717, 1.165) is 13.1 Å². The van der Waals surface area contributed by atoms with Gasteiger partial charge in [-0.1, -0.05) is 0 Å². The number of hydrogen-bond donors (Lipinski definition) is 0. The molecule has 0 aromatic heterocycles. The molecule has 2 rings (SSSR count). The van der Waals surface area contributed by atoms with E-state index in [1.807, 2.05) is 0 Å². The van der Waals surface area contributed by atoms with Crippen LogP contribution in [0.1, 0.15) is 27.7 Å². The van der Waals surface area contributed by atoms with Crippen LogP contribution < -0.4 is 0 Å². The van der Waals surface area contributed by atoms with Crippen LogP contribution in [0.25, 0.3) is 0 Å². The summed E-state index contributed by atoms with van der Waals surface area (Å²) in [4.78, 5) is 4.54. The maximum atomic E-state index is 6.17. The van der Waals surface area contributed by atoms with Crippen LogP contribution in [0, 0.1) is 0 Å². The smallest absolute Gasteiger partial charge is 0.161 e. The molecule has 0 aromatic carbocycles. The summed E-state index contributed by atoms with van der Waals surface area (Å²) in [6.45, 7) is 10.3. The highest BCUT2D eigenvalue weighted by atomic mass is 16.6. The van der Waals surface area contributed by atoms with Crippen molar-refractivity contribution < 1.29 is 9.47 Å². The molecule has 16 heavy (non-hydrogen) atoms. The highest BCUT2D eigenvalue weighted by molar-refractivity contribution is 5.02. The molecule has 4 heteroatoms. The Kier molecular flexibility index (Phi) is 2.82. The molecule has 2 aliphatic heterocycles. The zero-order chi connectivity index (χ0) is 12.1. The van der Waals surface area contributed by atoms with Crippen molar-refractivity contribution in [2.75, 3.05) is 27.2 Å². The number of ether oxygens (including phenoxy) is 2. The molecule has 0 aliphatic carbocycles. The number of likely N-dealkylation sites (N-methyl/N-ethyl adjacent to an activating group) is 2. The van der Waals surface area contributed by atoms with E-state index >= 15 is 0 Å². The van der Waals surface area contributed by atoms with Crippen molar-refractivity contribution in [2.45, 2.75) is 51.4 Å². The Labute approximate surface area is 98.5 Å². The Morgan fingerprint density at radius 2 is 1.19 bits per heavy atom. The minimum atomic E-state index is -0.369. The first-order chi connectivity index (χ1) is 7.29. The minimum Gasteiger partial charge on any atom is -0.352 e. The van der Waals surface area contributed by atoms with E-state index < -0.39 is 0 Å². The standard InChI is InChI=1S/C12H24N2O2/c1-9-7-13(5)12(4)11(3,15-9)14(6)8-10(2)16-12/h9-10H,7-8H2,1-6H3/t9-,10-,11+,12+/m0/s1. The predicted octanol–water partition coefficient (Wildman–Crippen LogP) is 1.12. The van der Waals surface area contributed by atoms with Crippen molar-refractivity contribution in [3.63, 3.8) is 0 Å². The van der Waals surface area contributed by atoms with Gasteiger partial charge < -0.3 is 9.47 Å². The van der Waals surface area contributed by atoms with Crippen LogP contribution in [-0.4, -0.2) is 60.6 Å². The third-order valence-electron chi connectivity index (χ3n) is 4.24. The molecule has 2 heterocycles. The van der Waals surface area contributed by atoms with Crippen LogP contribution in [0.4, 0.5) is 0 Å². The molecule has 0 N–H and O–H groups in total. The molecule has 94 valence electrons. The Morgan fingerprint density at radius 3 is 1.50 bits per heavy atom. The predicted molar refractivity (Wildman–Crippen MR) is 63.2 cm³/mol. The van der Waals surface area contributed by atoms with Crippen molar-refractivity contribution in [3.8, 4) is 0 Å². The van der Waals surface area contributed by atoms with Gasteiger partial charge in [-0.15, -0.1) is 0 Å². The molecule has 0 saturated carbocycles. The monoisotopic (exact) mass is 228 g/mol. The van der Waals surface area contributed by atoms with Gasteiger partial charge in [-0.2, -0.15) is 0 Å². The second-order valence-electron chi connectivity index (χ2n) is 5.58. The van der Waals surface area contributed by atoms with Gasteiger partial charge in [0.2, 0.25) is 0 Å². The SMILES string of the molecule is C[C@H]1CN(C)[C@]2(C)O[C@@H](C)CN(C)[C@]2(C)O1. The molecule has 2 fully saturated rings. The van der Waals surface area contributed by atoms with Crippen LogP contribution in [0.2, 0.25) is 0 Å². The Balaban J connectivity index is 2.37. The highest BCUT2D eigenvalue weighted by Gasteiger charge is 2.59. The maximum Gasteiger partial charge on any atom is 0.161 e. The van der Waals surface area contributed by atoms with Crippen molar-refractivity contribution >= 4 is 0 Å². The van der Waals surface area contributed by atoms with E-state index in [1.165, 1.54) is 0 Å². The Morgan fingerprint density at radius 1 is 0.875 bits per heavy atom. The second-order valence-corrected chi connectivity index (χ2v) is 5.58. The third-order valence-corrected chi connectivity index (χ3v) is 4.24. The lowest BCUT2D eigenvalue weighted by Crippen LogP contribution is -2.77. The fraction of sp³-hybridized carbons (Fsp3) is 1.00. The summed E-state index contributed by atoms with van der Waals surface area (Å²) in [7, 11) is 4.23. The molecule has 0 amide bonds. The fourth-order valence-electron chi connectivity index (χ4n) is 3.08. The van der Waals surface area contributed by atoms with Crippen LogP contribution in [0.5, 0.6) is 0 Å². The fourth-order valence-corrected chi connectivity index (χ4v) is 3.08. The summed E-state index contributed by atoms with van der Waals surface area (Å²) < 4.78 is 12.3. The molecule has 0 bridgehead atoms. The van der Waals surface area contributed by atoms with Crippen molar-refractivity contribution in [3.05, 3.63) is 0 Å². The summed E-state index contributed by atoms with van der Waals surface area (Å²) >= 11 is 0.